The summed E-state index contributed by atoms with van der Waals surface area (Å²) in [7, 11) is 0. The number of carbonyl (C=O) groups excluding carboxylic acids is 1. The lowest BCUT2D eigenvalue weighted by atomic mass is 10.1. The fourth-order valence-corrected chi connectivity index (χ4v) is 2.96. The van der Waals surface area contributed by atoms with Crippen LogP contribution in [0.4, 0.5) is 0 Å². The third-order valence-electron chi connectivity index (χ3n) is 3.92. The number of amides is 1. The molecule has 102 valence electrons. The predicted molar refractivity (Wildman–Crippen MR) is 79.2 cm³/mol. The quantitative estimate of drug-likeness (QED) is 0.924. The third-order valence-corrected chi connectivity index (χ3v) is 4.45. The van der Waals surface area contributed by atoms with E-state index >= 15 is 0 Å². The van der Waals surface area contributed by atoms with Crippen LogP contribution in [-0.2, 0) is 0 Å². The summed E-state index contributed by atoms with van der Waals surface area (Å²) >= 11 is 3.41. The van der Waals surface area contributed by atoms with Gasteiger partial charge in [-0.05, 0) is 56.5 Å². The van der Waals surface area contributed by atoms with Crippen LogP contribution in [0.15, 0.2) is 28.7 Å². The molecule has 1 aromatic rings. The summed E-state index contributed by atoms with van der Waals surface area (Å²) in [6.07, 6.45) is 4.75. The fraction of sp³-hybridized carbons (Fsp3) is 0.533. The summed E-state index contributed by atoms with van der Waals surface area (Å²) in [5, 5.41) is 3.48. The normalized spacial score (nSPS) is 22.5. The first-order valence-corrected chi connectivity index (χ1v) is 7.83. The number of hydrogen-bond acceptors (Lipinski definition) is 2. The Balaban J connectivity index is 1.71. The highest BCUT2D eigenvalue weighted by Gasteiger charge is 2.34. The molecular weight excluding hydrogens is 304 g/mol. The van der Waals surface area contributed by atoms with Crippen molar-refractivity contribution < 1.29 is 4.79 Å². The van der Waals surface area contributed by atoms with Crippen LogP contribution in [0.25, 0.3) is 0 Å². The molecule has 1 aromatic carbocycles. The maximum absolute atomic E-state index is 12.6. The molecule has 3 rings (SSSR count). The van der Waals surface area contributed by atoms with Crippen LogP contribution < -0.4 is 5.32 Å². The second-order valence-corrected chi connectivity index (χ2v) is 6.40. The van der Waals surface area contributed by atoms with E-state index in [-0.39, 0.29) is 5.91 Å². The Bertz CT molecular complexity index is 450. The van der Waals surface area contributed by atoms with Crippen molar-refractivity contribution in [2.45, 2.75) is 37.8 Å². The van der Waals surface area contributed by atoms with E-state index in [9.17, 15) is 4.79 Å². The van der Waals surface area contributed by atoms with Crippen molar-refractivity contribution in [3.05, 3.63) is 34.3 Å². The molecule has 0 spiro atoms. The Morgan fingerprint density at radius 2 is 2.00 bits per heavy atom. The molecule has 1 amide bonds. The van der Waals surface area contributed by atoms with E-state index in [2.05, 4.69) is 26.1 Å². The molecule has 4 heteroatoms. The van der Waals surface area contributed by atoms with Gasteiger partial charge in [-0.2, -0.15) is 0 Å². The van der Waals surface area contributed by atoms with Gasteiger partial charge in [-0.15, -0.1) is 0 Å². The number of nitrogens with zero attached hydrogens (tertiary/aromatic N) is 1. The van der Waals surface area contributed by atoms with E-state index in [0.29, 0.717) is 12.1 Å². The van der Waals surface area contributed by atoms with Gasteiger partial charge < -0.3 is 10.2 Å². The van der Waals surface area contributed by atoms with Crippen LogP contribution in [0.5, 0.6) is 0 Å². The Hall–Kier alpha value is -0.870. The van der Waals surface area contributed by atoms with E-state index in [1.807, 2.05) is 24.3 Å². The van der Waals surface area contributed by atoms with Gasteiger partial charge in [0, 0.05) is 28.7 Å². The zero-order valence-electron chi connectivity index (χ0n) is 10.9. The van der Waals surface area contributed by atoms with Gasteiger partial charge in [0.15, 0.2) is 0 Å². The van der Waals surface area contributed by atoms with Crippen LogP contribution in [0, 0.1) is 0 Å². The summed E-state index contributed by atoms with van der Waals surface area (Å²) in [6.45, 7) is 1.95. The van der Waals surface area contributed by atoms with E-state index in [1.54, 1.807) is 0 Å². The second kappa shape index (κ2) is 5.63. The molecule has 2 aliphatic rings. The van der Waals surface area contributed by atoms with Crippen LogP contribution in [0.2, 0.25) is 0 Å². The molecule has 1 heterocycles. The Morgan fingerprint density at radius 1 is 1.26 bits per heavy atom. The molecule has 0 radical (unpaired) electrons. The fourth-order valence-electron chi connectivity index (χ4n) is 2.69. The summed E-state index contributed by atoms with van der Waals surface area (Å²) in [6, 6.07) is 8.64. The first-order chi connectivity index (χ1) is 9.24. The zero-order chi connectivity index (χ0) is 13.2. The third kappa shape index (κ3) is 3.18. The largest absolute Gasteiger partial charge is 0.334 e. The van der Waals surface area contributed by atoms with Crippen molar-refractivity contribution in [3.63, 3.8) is 0 Å². The molecule has 1 unspecified atom stereocenters. The molecule has 0 aromatic heterocycles. The van der Waals surface area contributed by atoms with Crippen LogP contribution in [-0.4, -0.2) is 36.0 Å². The van der Waals surface area contributed by atoms with Crippen molar-refractivity contribution in [2.75, 3.05) is 13.1 Å². The minimum atomic E-state index is 0.184. The number of nitrogens with one attached hydrogen (secondary N) is 1. The van der Waals surface area contributed by atoms with Gasteiger partial charge in [-0.1, -0.05) is 15.9 Å². The number of hydrogen-bond donors (Lipinski definition) is 1. The molecule has 1 aliphatic heterocycles. The molecule has 1 saturated carbocycles. The van der Waals surface area contributed by atoms with Crippen molar-refractivity contribution in [2.24, 2.45) is 0 Å². The van der Waals surface area contributed by atoms with Crippen molar-refractivity contribution in [3.8, 4) is 0 Å². The predicted octanol–water partition coefficient (Wildman–Crippen LogP) is 2.81. The maximum atomic E-state index is 12.6. The van der Waals surface area contributed by atoms with Crippen LogP contribution in [0.3, 0.4) is 0 Å². The first-order valence-electron chi connectivity index (χ1n) is 7.04. The molecule has 1 saturated heterocycles. The van der Waals surface area contributed by atoms with E-state index < -0.39 is 0 Å². The monoisotopic (exact) mass is 322 g/mol. The topological polar surface area (TPSA) is 32.3 Å². The van der Waals surface area contributed by atoms with Gasteiger partial charge in [-0.25, -0.2) is 0 Å². The molecule has 2 fully saturated rings. The zero-order valence-corrected chi connectivity index (χ0v) is 12.5. The molecule has 0 bridgehead atoms. The Morgan fingerprint density at radius 3 is 2.58 bits per heavy atom. The van der Waals surface area contributed by atoms with Crippen LogP contribution in [0.1, 0.15) is 36.0 Å². The minimum Gasteiger partial charge on any atom is -0.334 e. The lowest BCUT2D eigenvalue weighted by Crippen LogP contribution is -2.42. The number of rotatable bonds is 4. The van der Waals surface area contributed by atoms with Crippen molar-refractivity contribution in [1.29, 1.82) is 0 Å². The average Bonchev–Trinajstić information content (AvgIpc) is 3.13. The van der Waals surface area contributed by atoms with Gasteiger partial charge in [0.05, 0.1) is 0 Å². The number of benzene rings is 1. The van der Waals surface area contributed by atoms with Crippen molar-refractivity contribution in [1.82, 2.24) is 10.2 Å². The van der Waals surface area contributed by atoms with E-state index in [0.717, 1.165) is 36.0 Å². The second-order valence-electron chi connectivity index (χ2n) is 5.49. The van der Waals surface area contributed by atoms with E-state index in [4.69, 9.17) is 0 Å². The van der Waals surface area contributed by atoms with Gasteiger partial charge >= 0.3 is 0 Å². The SMILES string of the molecule is O=C(c1ccc(Br)cc1)N(CC1CCCN1)C1CC1. The molecule has 1 atom stereocenters. The lowest BCUT2D eigenvalue weighted by molar-refractivity contribution is 0.0728. The van der Waals surface area contributed by atoms with Crippen molar-refractivity contribution >= 4 is 21.8 Å². The molecule has 3 nitrogen and oxygen atoms in total. The van der Waals surface area contributed by atoms with Gasteiger partial charge in [0.1, 0.15) is 0 Å². The summed E-state index contributed by atoms with van der Waals surface area (Å²) < 4.78 is 1.01. The first kappa shape index (κ1) is 13.1. The number of halogens is 1. The van der Waals surface area contributed by atoms with Gasteiger partial charge in [-0.3, -0.25) is 4.79 Å². The Labute approximate surface area is 122 Å². The highest BCUT2D eigenvalue weighted by Crippen LogP contribution is 2.29. The lowest BCUT2D eigenvalue weighted by Gasteiger charge is -2.26. The molecule has 1 aliphatic carbocycles. The summed E-state index contributed by atoms with van der Waals surface area (Å²) in [5.74, 6) is 0.184. The standard InChI is InChI=1S/C15H19BrN2O/c16-12-5-3-11(4-6-12)15(19)18(14-7-8-14)10-13-2-1-9-17-13/h3-6,13-14,17H,1-2,7-10H2. The molecular formula is C15H19BrN2O. The summed E-state index contributed by atoms with van der Waals surface area (Å²) in [4.78, 5) is 14.7. The minimum absolute atomic E-state index is 0.184. The van der Waals surface area contributed by atoms with Crippen LogP contribution >= 0.6 is 15.9 Å². The maximum Gasteiger partial charge on any atom is 0.254 e. The molecule has 1 N–H and O–H groups in total. The molecule has 19 heavy (non-hydrogen) atoms. The van der Waals surface area contributed by atoms with Gasteiger partial charge in [0.25, 0.3) is 5.91 Å². The van der Waals surface area contributed by atoms with E-state index in [1.165, 1.54) is 12.8 Å². The smallest absolute Gasteiger partial charge is 0.254 e. The summed E-state index contributed by atoms with van der Waals surface area (Å²) in [5.41, 5.74) is 0.799. The Kier molecular flexibility index (Phi) is 3.89. The van der Waals surface area contributed by atoms with Gasteiger partial charge in [0.2, 0.25) is 0 Å². The highest BCUT2D eigenvalue weighted by molar-refractivity contribution is 9.10. The average molecular weight is 323 g/mol. The number of carbonyl (C=O) groups is 1. The highest BCUT2D eigenvalue weighted by atomic mass is 79.9.